The summed E-state index contributed by atoms with van der Waals surface area (Å²) < 4.78 is 10.8. The van der Waals surface area contributed by atoms with Gasteiger partial charge in [0, 0.05) is 43.4 Å². The first-order valence-electron chi connectivity index (χ1n) is 13.7. The fourth-order valence-corrected chi connectivity index (χ4v) is 4.63. The number of carbonyl (C=O) groups is 2. The van der Waals surface area contributed by atoms with E-state index in [4.69, 9.17) is 9.26 Å². The van der Waals surface area contributed by atoms with Crippen molar-refractivity contribution in [2.24, 2.45) is 0 Å². The van der Waals surface area contributed by atoms with Gasteiger partial charge in [-0.15, -0.1) is 0 Å². The fourth-order valence-electron chi connectivity index (χ4n) is 4.63. The highest BCUT2D eigenvalue weighted by Gasteiger charge is 2.28. The van der Waals surface area contributed by atoms with Crippen molar-refractivity contribution in [3.05, 3.63) is 59.5 Å². The number of piperazine rings is 1. The summed E-state index contributed by atoms with van der Waals surface area (Å²) in [7, 11) is 0. The van der Waals surface area contributed by atoms with Crippen LogP contribution in [0.5, 0.6) is 0 Å². The summed E-state index contributed by atoms with van der Waals surface area (Å²) in [4.78, 5) is 37.9. The second-order valence-electron chi connectivity index (χ2n) is 12.3. The summed E-state index contributed by atoms with van der Waals surface area (Å²) in [6.45, 7) is 18.0. The Balaban J connectivity index is 1.46. The molecule has 1 saturated heterocycles. The molecular formula is C30H40N6O4. The van der Waals surface area contributed by atoms with Crippen LogP contribution in [0.25, 0.3) is 11.1 Å². The molecule has 40 heavy (non-hydrogen) atoms. The van der Waals surface area contributed by atoms with Crippen molar-refractivity contribution in [1.82, 2.24) is 25.3 Å². The van der Waals surface area contributed by atoms with Gasteiger partial charge in [0.15, 0.2) is 0 Å². The maximum atomic E-state index is 12.8. The second-order valence-corrected chi connectivity index (χ2v) is 12.3. The number of ether oxygens (including phenoxy) is 1. The molecule has 10 nitrogen and oxygen atoms in total. The highest BCUT2D eigenvalue weighted by molar-refractivity contribution is 5.90. The Labute approximate surface area is 236 Å². The Morgan fingerprint density at radius 3 is 2.35 bits per heavy atom. The topological polar surface area (TPSA) is 114 Å². The van der Waals surface area contributed by atoms with Crippen molar-refractivity contribution in [1.29, 1.82) is 0 Å². The van der Waals surface area contributed by atoms with Gasteiger partial charge < -0.3 is 24.4 Å². The molecule has 3 heterocycles. The van der Waals surface area contributed by atoms with E-state index >= 15 is 0 Å². The van der Waals surface area contributed by atoms with Crippen LogP contribution in [0.3, 0.4) is 0 Å². The Hall–Kier alpha value is -3.95. The quantitative estimate of drug-likeness (QED) is 0.458. The van der Waals surface area contributed by atoms with Crippen LogP contribution >= 0.6 is 0 Å². The van der Waals surface area contributed by atoms with Crippen molar-refractivity contribution in [3.63, 3.8) is 0 Å². The van der Waals surface area contributed by atoms with Crippen molar-refractivity contribution in [3.8, 4) is 11.1 Å². The largest absolute Gasteiger partial charge is 0.444 e. The number of carbonyl (C=O) groups excluding carboxylic acids is 2. The summed E-state index contributed by atoms with van der Waals surface area (Å²) in [5.41, 5.74) is 4.34. The van der Waals surface area contributed by atoms with E-state index in [-0.39, 0.29) is 29.3 Å². The SMILES string of the molecule is Cc1cc(-c2ccncc2N2CCN(C(=O)OC(C)(C)C)CC2)ccc1C(C)NC(=O)c1noc(C(C)(C)C)n1. The van der Waals surface area contributed by atoms with Gasteiger partial charge in [0.25, 0.3) is 11.7 Å². The Morgan fingerprint density at radius 2 is 1.75 bits per heavy atom. The van der Waals surface area contributed by atoms with Gasteiger partial charge in [0.2, 0.25) is 5.89 Å². The summed E-state index contributed by atoms with van der Waals surface area (Å²) in [5.74, 6) is 0.0710. The van der Waals surface area contributed by atoms with E-state index in [1.807, 2.05) is 73.7 Å². The number of hydrogen-bond donors (Lipinski definition) is 1. The minimum absolute atomic E-state index is 0.0271. The van der Waals surface area contributed by atoms with Gasteiger partial charge in [-0.3, -0.25) is 9.78 Å². The van der Waals surface area contributed by atoms with Crippen LogP contribution in [0.2, 0.25) is 0 Å². The van der Waals surface area contributed by atoms with Gasteiger partial charge in [-0.25, -0.2) is 4.79 Å². The molecule has 0 aliphatic carbocycles. The molecule has 214 valence electrons. The van der Waals surface area contributed by atoms with Crippen LogP contribution in [0.15, 0.2) is 41.2 Å². The van der Waals surface area contributed by atoms with E-state index in [2.05, 4.69) is 37.5 Å². The number of benzene rings is 1. The highest BCUT2D eigenvalue weighted by Crippen LogP contribution is 2.33. The molecule has 0 spiro atoms. The first-order valence-corrected chi connectivity index (χ1v) is 13.7. The fraction of sp³-hybridized carbons (Fsp3) is 0.500. The average Bonchev–Trinajstić information content (AvgIpc) is 3.39. The summed E-state index contributed by atoms with van der Waals surface area (Å²) in [6.07, 6.45) is 3.39. The molecule has 1 N–H and O–H groups in total. The lowest BCUT2D eigenvalue weighted by Gasteiger charge is -2.37. The van der Waals surface area contributed by atoms with Crippen LogP contribution in [-0.4, -0.2) is 63.8 Å². The van der Waals surface area contributed by atoms with Crippen molar-refractivity contribution in [2.75, 3.05) is 31.1 Å². The number of amides is 2. The molecule has 0 saturated carbocycles. The van der Waals surface area contributed by atoms with Crippen LogP contribution in [0.1, 0.15) is 82.1 Å². The standard InChI is InChI=1S/C30H40N6O4/c1-19-17-21(9-10-22(19)20(2)32-26(37)25-33-27(40-34-25)29(3,4)5)23-11-12-31-18-24(23)35-13-15-36(16-14-35)28(38)39-30(6,7)8/h9-12,17-18,20H,13-16H2,1-8H3,(H,32,37). The van der Waals surface area contributed by atoms with E-state index < -0.39 is 5.60 Å². The summed E-state index contributed by atoms with van der Waals surface area (Å²) in [5, 5.41) is 6.84. The lowest BCUT2D eigenvalue weighted by molar-refractivity contribution is 0.0240. The Bertz CT molecular complexity index is 1360. The van der Waals surface area contributed by atoms with E-state index in [9.17, 15) is 9.59 Å². The molecule has 1 aliphatic heterocycles. The third-order valence-electron chi connectivity index (χ3n) is 6.74. The molecule has 3 aromatic rings. The normalized spacial score (nSPS) is 15.1. The molecule has 1 aliphatic rings. The third-order valence-corrected chi connectivity index (χ3v) is 6.74. The predicted octanol–water partition coefficient (Wildman–Crippen LogP) is 5.29. The van der Waals surface area contributed by atoms with E-state index in [1.165, 1.54) is 0 Å². The van der Waals surface area contributed by atoms with Crippen molar-refractivity contribution < 1.29 is 18.8 Å². The molecule has 2 aromatic heterocycles. The number of aromatic nitrogens is 3. The molecule has 1 aromatic carbocycles. The smallest absolute Gasteiger partial charge is 0.410 e. The monoisotopic (exact) mass is 548 g/mol. The molecule has 1 fully saturated rings. The lowest BCUT2D eigenvalue weighted by Crippen LogP contribution is -2.50. The van der Waals surface area contributed by atoms with Gasteiger partial charge in [0.05, 0.1) is 17.9 Å². The number of aryl methyl sites for hydroxylation is 1. The maximum Gasteiger partial charge on any atom is 0.410 e. The van der Waals surface area contributed by atoms with Gasteiger partial charge in [-0.05, 0) is 57.4 Å². The number of hydrogen-bond acceptors (Lipinski definition) is 8. The molecule has 2 amide bonds. The maximum absolute atomic E-state index is 12.8. The third kappa shape index (κ3) is 6.78. The number of nitrogens with one attached hydrogen (secondary N) is 1. The van der Waals surface area contributed by atoms with Crippen molar-refractivity contribution >= 4 is 17.7 Å². The van der Waals surface area contributed by atoms with Crippen LogP contribution in [0, 0.1) is 6.92 Å². The van der Waals surface area contributed by atoms with Gasteiger partial charge in [-0.1, -0.05) is 44.1 Å². The van der Waals surface area contributed by atoms with Crippen LogP contribution in [0.4, 0.5) is 10.5 Å². The number of anilines is 1. The average molecular weight is 549 g/mol. The lowest BCUT2D eigenvalue weighted by atomic mass is 9.96. The predicted molar refractivity (Wildman–Crippen MR) is 153 cm³/mol. The van der Waals surface area contributed by atoms with Gasteiger partial charge >= 0.3 is 6.09 Å². The molecule has 1 unspecified atom stereocenters. The van der Waals surface area contributed by atoms with Gasteiger partial charge in [-0.2, -0.15) is 4.98 Å². The molecule has 1 atom stereocenters. The number of rotatable bonds is 5. The molecule has 0 bridgehead atoms. The molecule has 0 radical (unpaired) electrons. The molecule has 10 heteroatoms. The highest BCUT2D eigenvalue weighted by atomic mass is 16.6. The van der Waals surface area contributed by atoms with Crippen LogP contribution in [-0.2, 0) is 10.2 Å². The van der Waals surface area contributed by atoms with Crippen LogP contribution < -0.4 is 10.2 Å². The van der Waals surface area contributed by atoms with E-state index in [0.29, 0.717) is 32.1 Å². The summed E-state index contributed by atoms with van der Waals surface area (Å²) in [6, 6.07) is 7.98. The number of nitrogens with zero attached hydrogens (tertiary/aromatic N) is 5. The minimum Gasteiger partial charge on any atom is -0.444 e. The molecular weight excluding hydrogens is 508 g/mol. The Kier molecular flexibility index (Phi) is 8.18. The minimum atomic E-state index is -0.516. The van der Waals surface area contributed by atoms with E-state index in [1.54, 1.807) is 11.1 Å². The zero-order chi connectivity index (χ0) is 29.2. The zero-order valence-electron chi connectivity index (χ0n) is 24.7. The Morgan fingerprint density at radius 1 is 1.05 bits per heavy atom. The summed E-state index contributed by atoms with van der Waals surface area (Å²) >= 11 is 0. The first kappa shape index (κ1) is 29.0. The van der Waals surface area contributed by atoms with E-state index in [0.717, 1.165) is 27.9 Å². The van der Waals surface area contributed by atoms with Crippen molar-refractivity contribution in [2.45, 2.75) is 72.4 Å². The zero-order valence-corrected chi connectivity index (χ0v) is 24.7. The number of pyridine rings is 1. The first-order chi connectivity index (χ1) is 18.7. The second kappa shape index (κ2) is 11.3. The van der Waals surface area contributed by atoms with Gasteiger partial charge in [0.1, 0.15) is 5.60 Å². The molecule has 4 rings (SSSR count).